The van der Waals surface area contributed by atoms with Crippen molar-refractivity contribution in [3.8, 4) is 11.5 Å². The van der Waals surface area contributed by atoms with Gasteiger partial charge in [-0.2, -0.15) is 0 Å². The zero-order chi connectivity index (χ0) is 16.7. The SMILES string of the molecule is O=C(O)C1CC12CCN(C(=O)Cc1ccc3c(c1)OCCO3)CC2. The molecule has 0 radical (unpaired) electrons. The van der Waals surface area contributed by atoms with E-state index in [2.05, 4.69) is 0 Å². The summed E-state index contributed by atoms with van der Waals surface area (Å²) in [6.07, 6.45) is 2.71. The highest BCUT2D eigenvalue weighted by Gasteiger charge is 2.59. The zero-order valence-electron chi connectivity index (χ0n) is 13.5. The van der Waals surface area contributed by atoms with Gasteiger partial charge in [0.05, 0.1) is 12.3 Å². The average molecular weight is 331 g/mol. The van der Waals surface area contributed by atoms with E-state index in [0.717, 1.165) is 30.6 Å². The summed E-state index contributed by atoms with van der Waals surface area (Å²) in [7, 11) is 0. The molecule has 24 heavy (non-hydrogen) atoms. The molecule has 1 aromatic rings. The van der Waals surface area contributed by atoms with Gasteiger partial charge in [0, 0.05) is 13.1 Å². The molecule has 1 aliphatic carbocycles. The number of piperidine rings is 1. The third-order valence-electron chi connectivity index (χ3n) is 5.56. The van der Waals surface area contributed by atoms with Gasteiger partial charge in [-0.15, -0.1) is 0 Å². The maximum absolute atomic E-state index is 12.5. The largest absolute Gasteiger partial charge is 0.486 e. The number of carbonyl (C=O) groups excluding carboxylic acids is 1. The predicted molar refractivity (Wildman–Crippen MR) is 85.1 cm³/mol. The number of fused-ring (bicyclic) bond motifs is 1. The lowest BCUT2D eigenvalue weighted by Gasteiger charge is -2.32. The molecule has 1 atom stereocenters. The van der Waals surface area contributed by atoms with Gasteiger partial charge >= 0.3 is 5.97 Å². The van der Waals surface area contributed by atoms with E-state index in [0.29, 0.717) is 38.5 Å². The van der Waals surface area contributed by atoms with Crippen LogP contribution in [0.1, 0.15) is 24.8 Å². The molecule has 1 aromatic carbocycles. The smallest absolute Gasteiger partial charge is 0.307 e. The number of carbonyl (C=O) groups is 2. The first-order valence-electron chi connectivity index (χ1n) is 8.46. The monoisotopic (exact) mass is 331 g/mol. The molecule has 1 N–H and O–H groups in total. The van der Waals surface area contributed by atoms with E-state index >= 15 is 0 Å². The van der Waals surface area contributed by atoms with E-state index in [9.17, 15) is 9.59 Å². The van der Waals surface area contributed by atoms with Crippen molar-refractivity contribution in [1.82, 2.24) is 4.90 Å². The van der Waals surface area contributed by atoms with Crippen molar-refractivity contribution in [2.45, 2.75) is 25.7 Å². The van der Waals surface area contributed by atoms with Gasteiger partial charge in [0.15, 0.2) is 11.5 Å². The third kappa shape index (κ3) is 2.70. The molecule has 2 heterocycles. The Balaban J connectivity index is 1.35. The highest BCUT2D eigenvalue weighted by molar-refractivity contribution is 5.79. The number of hydrogen-bond donors (Lipinski definition) is 1. The number of carboxylic acids is 1. The molecule has 6 nitrogen and oxygen atoms in total. The minimum absolute atomic E-state index is 0.0421. The van der Waals surface area contributed by atoms with E-state index < -0.39 is 5.97 Å². The van der Waals surface area contributed by atoms with Crippen LogP contribution in [-0.4, -0.2) is 48.2 Å². The van der Waals surface area contributed by atoms with E-state index in [1.54, 1.807) is 0 Å². The number of carboxylic acid groups (broad SMARTS) is 1. The Morgan fingerprint density at radius 3 is 2.54 bits per heavy atom. The molecule has 1 unspecified atom stereocenters. The quantitative estimate of drug-likeness (QED) is 0.912. The van der Waals surface area contributed by atoms with Gasteiger partial charge < -0.3 is 19.5 Å². The number of ether oxygens (including phenoxy) is 2. The van der Waals surface area contributed by atoms with Crippen LogP contribution in [-0.2, 0) is 16.0 Å². The van der Waals surface area contributed by atoms with Crippen LogP contribution in [0.2, 0.25) is 0 Å². The lowest BCUT2D eigenvalue weighted by Crippen LogP contribution is -2.40. The molecule has 2 fully saturated rings. The van der Waals surface area contributed by atoms with Crippen LogP contribution in [0.5, 0.6) is 11.5 Å². The number of nitrogens with zero attached hydrogens (tertiary/aromatic N) is 1. The standard InChI is InChI=1S/C18H21NO5/c20-16(10-12-1-2-14-15(9-12)24-8-7-23-14)19-5-3-18(4-6-19)11-13(18)17(21)22/h1-2,9,13H,3-8,10-11H2,(H,21,22). The van der Waals surface area contributed by atoms with Crippen molar-refractivity contribution in [2.75, 3.05) is 26.3 Å². The molecule has 1 spiro atoms. The summed E-state index contributed by atoms with van der Waals surface area (Å²) in [5, 5.41) is 9.13. The predicted octanol–water partition coefficient (Wildman–Crippen LogP) is 1.71. The van der Waals surface area contributed by atoms with Crippen molar-refractivity contribution in [3.63, 3.8) is 0 Å². The maximum Gasteiger partial charge on any atom is 0.307 e. The summed E-state index contributed by atoms with van der Waals surface area (Å²) < 4.78 is 11.0. The molecule has 3 aliphatic rings. The summed E-state index contributed by atoms with van der Waals surface area (Å²) in [5.41, 5.74) is 0.874. The third-order valence-corrected chi connectivity index (χ3v) is 5.56. The van der Waals surface area contributed by atoms with Gasteiger partial charge in [-0.3, -0.25) is 9.59 Å². The van der Waals surface area contributed by atoms with Gasteiger partial charge in [0.2, 0.25) is 5.91 Å². The van der Waals surface area contributed by atoms with Crippen LogP contribution >= 0.6 is 0 Å². The summed E-state index contributed by atoms with van der Waals surface area (Å²) in [6.45, 7) is 2.40. The highest BCUT2D eigenvalue weighted by Crippen LogP contribution is 2.59. The summed E-state index contributed by atoms with van der Waals surface area (Å²) in [6, 6.07) is 5.63. The molecular formula is C18H21NO5. The van der Waals surface area contributed by atoms with E-state index in [4.69, 9.17) is 14.6 Å². The minimum Gasteiger partial charge on any atom is -0.486 e. The number of benzene rings is 1. The maximum atomic E-state index is 12.5. The van der Waals surface area contributed by atoms with Crippen LogP contribution in [0, 0.1) is 11.3 Å². The van der Waals surface area contributed by atoms with Crippen LogP contribution in [0.15, 0.2) is 18.2 Å². The lowest BCUT2D eigenvalue weighted by atomic mass is 9.90. The first kappa shape index (κ1) is 15.3. The van der Waals surface area contributed by atoms with Gasteiger partial charge in [0.1, 0.15) is 13.2 Å². The van der Waals surface area contributed by atoms with Crippen molar-refractivity contribution in [3.05, 3.63) is 23.8 Å². The van der Waals surface area contributed by atoms with Crippen LogP contribution < -0.4 is 9.47 Å². The molecule has 1 saturated carbocycles. The van der Waals surface area contributed by atoms with Gasteiger partial charge in [-0.05, 0) is 42.4 Å². The summed E-state index contributed by atoms with van der Waals surface area (Å²) >= 11 is 0. The Kier molecular flexibility index (Phi) is 3.62. The van der Waals surface area contributed by atoms with Gasteiger partial charge in [-0.1, -0.05) is 6.07 Å². The fourth-order valence-electron chi connectivity index (χ4n) is 3.94. The first-order valence-corrected chi connectivity index (χ1v) is 8.46. The lowest BCUT2D eigenvalue weighted by molar-refractivity contribution is -0.139. The molecule has 0 bridgehead atoms. The van der Waals surface area contributed by atoms with Gasteiger partial charge in [-0.25, -0.2) is 0 Å². The van der Waals surface area contributed by atoms with E-state index in [1.165, 1.54) is 0 Å². The number of aliphatic carboxylic acids is 1. The van der Waals surface area contributed by atoms with Crippen molar-refractivity contribution < 1.29 is 24.2 Å². The van der Waals surface area contributed by atoms with Crippen LogP contribution in [0.4, 0.5) is 0 Å². The molecule has 2 aliphatic heterocycles. The van der Waals surface area contributed by atoms with E-state index in [1.807, 2.05) is 23.1 Å². The second-order valence-electron chi connectivity index (χ2n) is 6.99. The Labute approximate surface area is 140 Å². The van der Waals surface area contributed by atoms with Crippen molar-refractivity contribution in [1.29, 1.82) is 0 Å². The number of hydrogen-bond acceptors (Lipinski definition) is 4. The molecule has 1 amide bonds. The molecule has 0 aromatic heterocycles. The van der Waals surface area contributed by atoms with Crippen molar-refractivity contribution >= 4 is 11.9 Å². The second kappa shape index (κ2) is 5.69. The van der Waals surface area contributed by atoms with Crippen molar-refractivity contribution in [2.24, 2.45) is 11.3 Å². The topological polar surface area (TPSA) is 76.1 Å². The second-order valence-corrected chi connectivity index (χ2v) is 6.99. The fourth-order valence-corrected chi connectivity index (χ4v) is 3.94. The van der Waals surface area contributed by atoms with Crippen LogP contribution in [0.3, 0.4) is 0 Å². The number of rotatable bonds is 3. The summed E-state index contributed by atoms with van der Waals surface area (Å²) in [5.74, 6) is 0.630. The fraction of sp³-hybridized carbons (Fsp3) is 0.556. The Morgan fingerprint density at radius 1 is 1.17 bits per heavy atom. The minimum atomic E-state index is -0.689. The highest BCUT2D eigenvalue weighted by atomic mass is 16.6. The Morgan fingerprint density at radius 2 is 1.88 bits per heavy atom. The number of amides is 1. The number of likely N-dealkylation sites (tertiary alicyclic amines) is 1. The van der Waals surface area contributed by atoms with Crippen LogP contribution in [0.25, 0.3) is 0 Å². The molecular weight excluding hydrogens is 310 g/mol. The molecule has 4 rings (SSSR count). The zero-order valence-corrected chi connectivity index (χ0v) is 13.5. The molecule has 1 saturated heterocycles. The molecule has 128 valence electrons. The Bertz CT molecular complexity index is 678. The average Bonchev–Trinajstić information content (AvgIpc) is 3.29. The molecule has 6 heteroatoms. The van der Waals surface area contributed by atoms with Gasteiger partial charge in [0.25, 0.3) is 0 Å². The summed E-state index contributed by atoms with van der Waals surface area (Å²) in [4.78, 5) is 25.5. The Hall–Kier alpha value is -2.24. The normalized spacial score (nSPS) is 23.8. The first-order chi connectivity index (χ1) is 11.6. The van der Waals surface area contributed by atoms with E-state index in [-0.39, 0.29) is 17.2 Å².